The van der Waals surface area contributed by atoms with E-state index in [0.717, 1.165) is 11.3 Å². The van der Waals surface area contributed by atoms with Crippen molar-refractivity contribution in [2.45, 2.75) is 18.6 Å². The van der Waals surface area contributed by atoms with E-state index in [4.69, 9.17) is 14.2 Å². The number of carbonyl (C=O) groups excluding carboxylic acids is 2. The lowest BCUT2D eigenvalue weighted by Gasteiger charge is -2.26. The number of anilines is 1. The van der Waals surface area contributed by atoms with Gasteiger partial charge in [-0.1, -0.05) is 60.7 Å². The van der Waals surface area contributed by atoms with Crippen molar-refractivity contribution in [3.8, 4) is 11.5 Å². The number of nitrogens with one attached hydrogen (secondary N) is 1. The van der Waals surface area contributed by atoms with Gasteiger partial charge >= 0.3 is 5.97 Å². The summed E-state index contributed by atoms with van der Waals surface area (Å²) in [6.45, 7) is 0.164. The van der Waals surface area contributed by atoms with Crippen LogP contribution in [0, 0.1) is 0 Å². The lowest BCUT2D eigenvalue weighted by atomic mass is 10.0. The Morgan fingerprint density at radius 1 is 0.943 bits per heavy atom. The van der Waals surface area contributed by atoms with Gasteiger partial charge < -0.3 is 19.5 Å². The van der Waals surface area contributed by atoms with E-state index in [-0.39, 0.29) is 24.4 Å². The van der Waals surface area contributed by atoms with Crippen LogP contribution >= 0.6 is 0 Å². The Bertz CT molecular complexity index is 1220. The summed E-state index contributed by atoms with van der Waals surface area (Å²) >= 11 is 0. The van der Waals surface area contributed by atoms with E-state index in [1.165, 1.54) is 0 Å². The molecule has 1 N–H and O–H groups in total. The van der Waals surface area contributed by atoms with Crippen LogP contribution in [0.1, 0.15) is 18.0 Å². The SMILES string of the molecule is O=C(COC(=O)C1=NN(c2ccccc2)C(c2ccccc2)C1)NCC1COc2ccccc2O1. The minimum atomic E-state index is -0.606. The molecule has 0 aromatic heterocycles. The molecule has 8 heteroatoms. The molecule has 3 aromatic carbocycles. The minimum absolute atomic E-state index is 0.138. The van der Waals surface area contributed by atoms with E-state index >= 15 is 0 Å². The maximum atomic E-state index is 12.7. The zero-order valence-electron chi connectivity index (χ0n) is 19.0. The molecule has 0 radical (unpaired) electrons. The van der Waals surface area contributed by atoms with Crippen molar-refractivity contribution in [2.75, 3.05) is 24.8 Å². The van der Waals surface area contributed by atoms with Crippen LogP contribution in [0.25, 0.3) is 0 Å². The third kappa shape index (κ3) is 5.27. The highest BCUT2D eigenvalue weighted by Crippen LogP contribution is 2.35. The first-order valence-electron chi connectivity index (χ1n) is 11.5. The lowest BCUT2D eigenvalue weighted by Crippen LogP contribution is -2.42. The molecule has 8 nitrogen and oxygen atoms in total. The molecule has 35 heavy (non-hydrogen) atoms. The number of ether oxygens (including phenoxy) is 3. The van der Waals surface area contributed by atoms with Gasteiger partial charge in [0.2, 0.25) is 0 Å². The van der Waals surface area contributed by atoms with Gasteiger partial charge in [0, 0.05) is 6.42 Å². The zero-order chi connectivity index (χ0) is 24.0. The molecular formula is C27H25N3O5. The lowest BCUT2D eigenvalue weighted by molar-refractivity contribution is -0.142. The summed E-state index contributed by atoms with van der Waals surface area (Å²) in [6.07, 6.45) is 0.0567. The first kappa shape index (κ1) is 22.5. The monoisotopic (exact) mass is 471 g/mol. The maximum absolute atomic E-state index is 12.7. The first-order chi connectivity index (χ1) is 17.2. The molecule has 0 saturated carbocycles. The van der Waals surface area contributed by atoms with Gasteiger partial charge in [0.15, 0.2) is 18.1 Å². The maximum Gasteiger partial charge on any atom is 0.355 e. The number of rotatable bonds is 7. The summed E-state index contributed by atoms with van der Waals surface area (Å²) in [4.78, 5) is 25.0. The predicted molar refractivity (Wildman–Crippen MR) is 130 cm³/mol. The zero-order valence-corrected chi connectivity index (χ0v) is 19.0. The van der Waals surface area contributed by atoms with Crippen molar-refractivity contribution in [1.29, 1.82) is 0 Å². The molecule has 0 aliphatic carbocycles. The van der Waals surface area contributed by atoms with E-state index < -0.39 is 18.5 Å². The highest BCUT2D eigenvalue weighted by molar-refractivity contribution is 6.37. The van der Waals surface area contributed by atoms with Crippen molar-refractivity contribution in [1.82, 2.24) is 5.32 Å². The summed E-state index contributed by atoms with van der Waals surface area (Å²) in [5.41, 5.74) is 2.19. The van der Waals surface area contributed by atoms with E-state index in [2.05, 4.69) is 10.4 Å². The predicted octanol–water partition coefficient (Wildman–Crippen LogP) is 3.49. The number of nitrogens with zero attached hydrogens (tertiary/aromatic N) is 2. The molecule has 5 rings (SSSR count). The number of hydrogen-bond acceptors (Lipinski definition) is 7. The fraction of sp³-hybridized carbons (Fsp3) is 0.222. The van der Waals surface area contributed by atoms with E-state index in [9.17, 15) is 9.59 Å². The standard InChI is InChI=1S/C27H25N3O5/c31-26(28-16-21-17-33-24-13-7-8-14-25(24)35-21)18-34-27(32)22-15-23(19-9-3-1-4-10-19)30(29-22)20-11-5-2-6-12-20/h1-14,21,23H,15-18H2,(H,28,31). The van der Waals surface area contributed by atoms with Crippen LogP contribution in [0.15, 0.2) is 90.0 Å². The second kappa shape index (κ2) is 10.3. The third-order valence-corrected chi connectivity index (χ3v) is 5.78. The average molecular weight is 472 g/mol. The van der Waals surface area contributed by atoms with Gasteiger partial charge in [-0.05, 0) is 29.8 Å². The van der Waals surface area contributed by atoms with Crippen molar-refractivity contribution in [3.63, 3.8) is 0 Å². The fourth-order valence-electron chi connectivity index (χ4n) is 4.04. The highest BCUT2D eigenvalue weighted by Gasteiger charge is 2.33. The van der Waals surface area contributed by atoms with Gasteiger partial charge in [0.1, 0.15) is 18.4 Å². The van der Waals surface area contributed by atoms with Crippen molar-refractivity contribution >= 4 is 23.3 Å². The number of amides is 1. The second-order valence-corrected chi connectivity index (χ2v) is 8.24. The molecular weight excluding hydrogens is 446 g/mol. The van der Waals surface area contributed by atoms with Crippen LogP contribution in [0.2, 0.25) is 0 Å². The number of carbonyl (C=O) groups is 2. The minimum Gasteiger partial charge on any atom is -0.486 e. The van der Waals surface area contributed by atoms with Crippen molar-refractivity contribution in [2.24, 2.45) is 5.10 Å². The van der Waals surface area contributed by atoms with Crippen molar-refractivity contribution < 1.29 is 23.8 Å². The van der Waals surface area contributed by atoms with Crippen LogP contribution in [0.4, 0.5) is 5.69 Å². The van der Waals surface area contributed by atoms with Gasteiger partial charge in [-0.3, -0.25) is 9.80 Å². The van der Waals surface area contributed by atoms with Gasteiger partial charge in [-0.15, -0.1) is 0 Å². The van der Waals surface area contributed by atoms with Crippen molar-refractivity contribution in [3.05, 3.63) is 90.5 Å². The Kier molecular flexibility index (Phi) is 6.61. The Hall–Kier alpha value is -4.33. The summed E-state index contributed by atoms with van der Waals surface area (Å²) < 4.78 is 16.7. The van der Waals surface area contributed by atoms with Crippen LogP contribution in [-0.4, -0.2) is 43.5 Å². The molecule has 2 aliphatic rings. The Morgan fingerprint density at radius 2 is 1.63 bits per heavy atom. The van der Waals surface area contributed by atoms with E-state index in [1.54, 1.807) is 0 Å². The van der Waals surface area contributed by atoms with Gasteiger partial charge in [-0.25, -0.2) is 4.79 Å². The van der Waals surface area contributed by atoms with Gasteiger partial charge in [0.25, 0.3) is 5.91 Å². The third-order valence-electron chi connectivity index (χ3n) is 5.78. The molecule has 0 fully saturated rings. The number of benzene rings is 3. The summed E-state index contributed by atoms with van der Waals surface area (Å²) in [6, 6.07) is 26.8. The van der Waals surface area contributed by atoms with Gasteiger partial charge in [-0.2, -0.15) is 5.10 Å². The van der Waals surface area contributed by atoms with Crippen LogP contribution in [0.3, 0.4) is 0 Å². The van der Waals surface area contributed by atoms with E-state index in [1.807, 2.05) is 89.9 Å². The largest absolute Gasteiger partial charge is 0.486 e. The summed E-state index contributed by atoms with van der Waals surface area (Å²) in [5.74, 6) is 0.295. The molecule has 0 saturated heterocycles. The number of hydrogen-bond donors (Lipinski definition) is 1. The number of esters is 1. The molecule has 178 valence electrons. The molecule has 2 heterocycles. The Morgan fingerprint density at radius 3 is 2.40 bits per heavy atom. The Labute approximate surface area is 203 Å². The molecule has 3 aromatic rings. The van der Waals surface area contributed by atoms with Crippen LogP contribution in [-0.2, 0) is 14.3 Å². The van der Waals surface area contributed by atoms with Crippen LogP contribution < -0.4 is 19.8 Å². The molecule has 1 amide bonds. The first-order valence-corrected chi connectivity index (χ1v) is 11.5. The second-order valence-electron chi connectivity index (χ2n) is 8.24. The molecule has 2 aliphatic heterocycles. The quantitative estimate of drug-likeness (QED) is 0.531. The molecule has 0 bridgehead atoms. The van der Waals surface area contributed by atoms with E-state index in [0.29, 0.717) is 24.5 Å². The Balaban J connectivity index is 1.16. The summed E-state index contributed by atoms with van der Waals surface area (Å²) in [5, 5.41) is 9.09. The number of hydrazone groups is 1. The van der Waals surface area contributed by atoms with Crippen LogP contribution in [0.5, 0.6) is 11.5 Å². The smallest absolute Gasteiger partial charge is 0.355 e. The average Bonchev–Trinajstić information content (AvgIpc) is 3.37. The molecule has 2 unspecified atom stereocenters. The number of fused-ring (bicyclic) bond motifs is 1. The molecule has 0 spiro atoms. The summed E-state index contributed by atoms with van der Waals surface area (Å²) in [7, 11) is 0. The molecule has 2 atom stereocenters. The number of para-hydroxylation sites is 3. The highest BCUT2D eigenvalue weighted by atomic mass is 16.6. The topological polar surface area (TPSA) is 89.5 Å². The van der Waals surface area contributed by atoms with Gasteiger partial charge in [0.05, 0.1) is 18.3 Å². The normalized spacial score (nSPS) is 18.5. The fourth-order valence-corrected chi connectivity index (χ4v) is 4.04.